The van der Waals surface area contributed by atoms with Gasteiger partial charge in [0.2, 0.25) is 0 Å². The first-order valence-electron chi connectivity index (χ1n) is 6.09. The summed E-state index contributed by atoms with van der Waals surface area (Å²) in [7, 11) is 3.91. The maximum absolute atomic E-state index is 3.71. The summed E-state index contributed by atoms with van der Waals surface area (Å²) >= 11 is 0. The van der Waals surface area contributed by atoms with Gasteiger partial charge in [-0.3, -0.25) is 4.99 Å². The zero-order valence-corrected chi connectivity index (χ0v) is 11.6. The van der Waals surface area contributed by atoms with Gasteiger partial charge in [0.05, 0.1) is 0 Å². The highest BCUT2D eigenvalue weighted by Crippen LogP contribution is 2.11. The largest absolute Gasteiger partial charge is 0.306 e. The average molecular weight is 224 g/mol. The summed E-state index contributed by atoms with van der Waals surface area (Å²) in [6, 6.07) is 0. The van der Waals surface area contributed by atoms with Crippen LogP contribution in [0.15, 0.2) is 29.8 Å². The van der Waals surface area contributed by atoms with Gasteiger partial charge in [0.25, 0.3) is 0 Å². The molecule has 0 N–H and O–H groups in total. The standard InChI is InChI=1S/C6H13N.C6H9N.C2H6/c1-6-3-4-7(2)5-6;1-3-4-5-6-7-2;1-2/h6H,3-5H2,1-2H3;3-6H,1H2,2H3;1-2H3/b;5-4-,7-6?;. The lowest BCUT2D eigenvalue weighted by molar-refractivity contribution is 0.402. The van der Waals surface area contributed by atoms with Crippen LogP contribution in [0.3, 0.4) is 0 Å². The Hall–Kier alpha value is -0.890. The Labute approximate surface area is 102 Å². The first-order chi connectivity index (χ1) is 7.70. The fourth-order valence-electron chi connectivity index (χ4n) is 1.37. The lowest BCUT2D eigenvalue weighted by atomic mass is 10.2. The predicted octanol–water partition coefficient (Wildman–Crippen LogP) is 3.41. The molecule has 2 nitrogen and oxygen atoms in total. The molecule has 16 heavy (non-hydrogen) atoms. The summed E-state index contributed by atoms with van der Waals surface area (Å²) in [6.45, 7) is 12.4. The molecule has 94 valence electrons. The quantitative estimate of drug-likeness (QED) is 0.518. The third-order valence-electron chi connectivity index (χ3n) is 2.11. The lowest BCUT2D eigenvalue weighted by Crippen LogP contribution is -2.12. The van der Waals surface area contributed by atoms with Gasteiger partial charge in [-0.1, -0.05) is 39.5 Å². The van der Waals surface area contributed by atoms with Crippen LogP contribution in [0.1, 0.15) is 27.2 Å². The minimum absolute atomic E-state index is 0.949. The van der Waals surface area contributed by atoms with Gasteiger partial charge in [-0.05, 0) is 32.0 Å². The van der Waals surface area contributed by atoms with Gasteiger partial charge >= 0.3 is 0 Å². The van der Waals surface area contributed by atoms with E-state index in [0.717, 1.165) is 5.92 Å². The molecule has 0 aromatic heterocycles. The number of hydrogen-bond acceptors (Lipinski definition) is 2. The van der Waals surface area contributed by atoms with Gasteiger partial charge < -0.3 is 4.90 Å². The topological polar surface area (TPSA) is 15.6 Å². The van der Waals surface area contributed by atoms with Crippen molar-refractivity contribution in [1.29, 1.82) is 0 Å². The molecule has 0 amide bonds. The Bertz CT molecular complexity index is 187. The van der Waals surface area contributed by atoms with E-state index in [-0.39, 0.29) is 0 Å². The third-order valence-corrected chi connectivity index (χ3v) is 2.11. The lowest BCUT2D eigenvalue weighted by Gasteiger charge is -2.03. The summed E-state index contributed by atoms with van der Waals surface area (Å²) in [5.41, 5.74) is 0. The van der Waals surface area contributed by atoms with Gasteiger partial charge in [-0.2, -0.15) is 0 Å². The van der Waals surface area contributed by atoms with Crippen LogP contribution < -0.4 is 0 Å². The van der Waals surface area contributed by atoms with Crippen molar-refractivity contribution in [2.24, 2.45) is 10.9 Å². The summed E-state index contributed by atoms with van der Waals surface area (Å²) < 4.78 is 0. The van der Waals surface area contributed by atoms with Crippen LogP contribution in [-0.4, -0.2) is 38.3 Å². The highest BCUT2D eigenvalue weighted by molar-refractivity contribution is 5.71. The van der Waals surface area contributed by atoms with Crippen molar-refractivity contribution in [1.82, 2.24) is 4.90 Å². The summed E-state index contributed by atoms with van der Waals surface area (Å²) in [4.78, 5) is 6.09. The monoisotopic (exact) mass is 224 g/mol. The van der Waals surface area contributed by atoms with Crippen LogP contribution in [0.5, 0.6) is 0 Å². The molecular weight excluding hydrogens is 196 g/mol. The highest BCUT2D eigenvalue weighted by Gasteiger charge is 2.13. The fourth-order valence-corrected chi connectivity index (χ4v) is 1.37. The van der Waals surface area contributed by atoms with Crippen LogP contribution in [0.2, 0.25) is 0 Å². The van der Waals surface area contributed by atoms with E-state index in [4.69, 9.17) is 0 Å². The second-order valence-electron chi connectivity index (χ2n) is 3.68. The summed E-state index contributed by atoms with van der Waals surface area (Å²) in [6.07, 6.45) is 8.47. The Balaban J connectivity index is 0. The molecule has 1 aliphatic rings. The molecule has 1 atom stereocenters. The van der Waals surface area contributed by atoms with Gasteiger partial charge in [0, 0.05) is 19.8 Å². The number of likely N-dealkylation sites (tertiary alicyclic amines) is 1. The van der Waals surface area contributed by atoms with Gasteiger partial charge in [-0.15, -0.1) is 0 Å². The van der Waals surface area contributed by atoms with E-state index in [9.17, 15) is 0 Å². The molecule has 1 rings (SSSR count). The molecular formula is C14H28N2. The average Bonchev–Trinajstić information content (AvgIpc) is 2.67. The van der Waals surface area contributed by atoms with E-state index < -0.39 is 0 Å². The van der Waals surface area contributed by atoms with E-state index in [1.54, 1.807) is 19.3 Å². The second kappa shape index (κ2) is 14.1. The normalized spacial score (nSPS) is 20.2. The molecule has 0 aromatic carbocycles. The van der Waals surface area contributed by atoms with Crippen LogP contribution in [-0.2, 0) is 0 Å². The van der Waals surface area contributed by atoms with Gasteiger partial charge in [0.1, 0.15) is 0 Å². The van der Waals surface area contributed by atoms with E-state index in [0.29, 0.717) is 0 Å². The van der Waals surface area contributed by atoms with Crippen LogP contribution in [0, 0.1) is 5.92 Å². The second-order valence-corrected chi connectivity index (χ2v) is 3.68. The van der Waals surface area contributed by atoms with Crippen molar-refractivity contribution in [3.63, 3.8) is 0 Å². The van der Waals surface area contributed by atoms with Crippen LogP contribution >= 0.6 is 0 Å². The number of allylic oxidation sites excluding steroid dienone is 3. The molecule has 1 unspecified atom stereocenters. The number of nitrogens with zero attached hydrogens (tertiary/aromatic N) is 2. The zero-order valence-electron chi connectivity index (χ0n) is 11.6. The molecule has 1 saturated heterocycles. The van der Waals surface area contributed by atoms with Crippen LogP contribution in [0.4, 0.5) is 0 Å². The predicted molar refractivity (Wildman–Crippen MR) is 76.4 cm³/mol. The van der Waals surface area contributed by atoms with Crippen molar-refractivity contribution in [2.45, 2.75) is 27.2 Å². The van der Waals surface area contributed by atoms with E-state index in [2.05, 4.69) is 30.4 Å². The number of hydrogen-bond donors (Lipinski definition) is 0. The van der Waals surface area contributed by atoms with Crippen molar-refractivity contribution < 1.29 is 0 Å². The molecule has 0 aromatic rings. The molecule has 1 aliphatic heterocycles. The summed E-state index contributed by atoms with van der Waals surface area (Å²) in [5.74, 6) is 0.949. The minimum atomic E-state index is 0.949. The molecule has 0 bridgehead atoms. The molecule has 0 radical (unpaired) electrons. The smallest absolute Gasteiger partial charge is 0.0277 e. The molecule has 0 spiro atoms. The van der Waals surface area contributed by atoms with Crippen LogP contribution in [0.25, 0.3) is 0 Å². The first kappa shape index (κ1) is 17.5. The van der Waals surface area contributed by atoms with Crippen molar-refractivity contribution in [2.75, 3.05) is 27.2 Å². The molecule has 1 heterocycles. The van der Waals surface area contributed by atoms with E-state index in [1.807, 2.05) is 26.0 Å². The Morgan fingerprint density at radius 2 is 1.94 bits per heavy atom. The molecule has 1 fully saturated rings. The van der Waals surface area contributed by atoms with Crippen molar-refractivity contribution in [3.8, 4) is 0 Å². The van der Waals surface area contributed by atoms with E-state index >= 15 is 0 Å². The number of rotatable bonds is 2. The SMILES string of the molecule is C=C/C=C\C=NC.CC.CC1CCN(C)C1. The molecule has 0 saturated carbocycles. The van der Waals surface area contributed by atoms with E-state index in [1.165, 1.54) is 19.5 Å². The van der Waals surface area contributed by atoms with Crippen molar-refractivity contribution in [3.05, 3.63) is 24.8 Å². The Morgan fingerprint density at radius 1 is 1.31 bits per heavy atom. The molecule has 2 heteroatoms. The van der Waals surface area contributed by atoms with Gasteiger partial charge in [0.15, 0.2) is 0 Å². The van der Waals surface area contributed by atoms with Crippen molar-refractivity contribution >= 4 is 6.21 Å². The first-order valence-corrected chi connectivity index (χ1v) is 6.09. The maximum Gasteiger partial charge on any atom is 0.0277 e. The summed E-state index contributed by atoms with van der Waals surface area (Å²) in [5, 5.41) is 0. The minimum Gasteiger partial charge on any atom is -0.306 e. The fraction of sp³-hybridized carbons (Fsp3) is 0.643. The van der Waals surface area contributed by atoms with Gasteiger partial charge in [-0.25, -0.2) is 0 Å². The Kier molecular flexibility index (Phi) is 15.4. The third kappa shape index (κ3) is 13.1. The maximum atomic E-state index is 3.71. The molecule has 0 aliphatic carbocycles. The zero-order chi connectivity index (χ0) is 12.8. The Morgan fingerprint density at radius 3 is 2.19 bits per heavy atom. The highest BCUT2D eigenvalue weighted by atomic mass is 15.1. The number of aliphatic imine (C=N–C) groups is 1.